The van der Waals surface area contributed by atoms with E-state index in [0.717, 1.165) is 17.1 Å². The molecule has 150 valence electrons. The number of rotatable bonds is 6. The molecule has 1 saturated heterocycles. The number of hydrogen-bond acceptors (Lipinski definition) is 5. The topological polar surface area (TPSA) is 85.4 Å². The fourth-order valence-electron chi connectivity index (χ4n) is 3.36. The van der Waals surface area contributed by atoms with E-state index in [4.69, 9.17) is 0 Å². The van der Waals surface area contributed by atoms with Crippen molar-refractivity contribution in [2.24, 2.45) is 0 Å². The van der Waals surface area contributed by atoms with Crippen molar-refractivity contribution < 1.29 is 13.3 Å². The summed E-state index contributed by atoms with van der Waals surface area (Å²) in [5.41, 5.74) is 1.78. The summed E-state index contributed by atoms with van der Waals surface area (Å²) in [6.45, 7) is 3.02. The Morgan fingerprint density at radius 2 is 1.62 bits per heavy atom. The summed E-state index contributed by atoms with van der Waals surface area (Å²) in [6.07, 6.45) is 1.64. The zero-order valence-corrected chi connectivity index (χ0v) is 16.7. The summed E-state index contributed by atoms with van der Waals surface area (Å²) in [5.74, 6) is 0.770. The lowest BCUT2D eigenvalue weighted by molar-refractivity contribution is -0.918. The summed E-state index contributed by atoms with van der Waals surface area (Å²) >= 11 is 0. The fraction of sp³-hybridized carbons (Fsp3) is 0.250. The largest absolute Gasteiger partial charge is 0.326 e. The second-order valence-corrected chi connectivity index (χ2v) is 8.75. The molecule has 29 heavy (non-hydrogen) atoms. The van der Waals surface area contributed by atoms with Crippen molar-refractivity contribution in [1.82, 2.24) is 24.5 Å². The van der Waals surface area contributed by atoms with Gasteiger partial charge in [0.2, 0.25) is 15.8 Å². The normalized spacial score (nSPS) is 16.4. The predicted octanol–water partition coefficient (Wildman–Crippen LogP) is 0.364. The number of quaternary nitrogens is 1. The van der Waals surface area contributed by atoms with E-state index < -0.39 is 10.0 Å². The molecule has 0 saturated carbocycles. The Morgan fingerprint density at radius 1 is 0.966 bits per heavy atom. The first-order valence-electron chi connectivity index (χ1n) is 9.51. The van der Waals surface area contributed by atoms with Crippen LogP contribution in [-0.4, -0.2) is 59.1 Å². The number of para-hydroxylation sites is 1. The summed E-state index contributed by atoms with van der Waals surface area (Å²) in [4.78, 5) is 1.26. The number of aromatic nitrogens is 4. The Kier molecular flexibility index (Phi) is 5.79. The molecule has 0 bridgehead atoms. The van der Waals surface area contributed by atoms with Crippen LogP contribution in [-0.2, 0) is 16.6 Å². The van der Waals surface area contributed by atoms with E-state index in [1.807, 2.05) is 60.7 Å². The Hall–Kier alpha value is -2.88. The lowest BCUT2D eigenvalue weighted by atomic mass is 10.2. The highest BCUT2D eigenvalue weighted by molar-refractivity contribution is 7.92. The van der Waals surface area contributed by atoms with Gasteiger partial charge >= 0.3 is 0 Å². The van der Waals surface area contributed by atoms with E-state index in [0.29, 0.717) is 32.7 Å². The lowest BCUT2D eigenvalue weighted by Crippen LogP contribution is -3.13. The highest BCUT2D eigenvalue weighted by Crippen LogP contribution is 2.09. The van der Waals surface area contributed by atoms with Crippen LogP contribution in [0.4, 0.5) is 0 Å². The predicted molar refractivity (Wildman–Crippen MR) is 110 cm³/mol. The van der Waals surface area contributed by atoms with E-state index in [2.05, 4.69) is 15.5 Å². The number of nitrogens with zero attached hydrogens (tertiary/aromatic N) is 5. The van der Waals surface area contributed by atoms with Crippen molar-refractivity contribution in [3.63, 3.8) is 0 Å². The first kappa shape index (κ1) is 19.4. The molecule has 9 heteroatoms. The zero-order chi connectivity index (χ0) is 20.1. The Balaban J connectivity index is 1.37. The fourth-order valence-corrected chi connectivity index (χ4v) is 4.55. The molecule has 1 fully saturated rings. The van der Waals surface area contributed by atoms with Crippen LogP contribution in [0.15, 0.2) is 66.1 Å². The van der Waals surface area contributed by atoms with Gasteiger partial charge in [-0.15, -0.1) is 5.10 Å². The molecule has 1 aliphatic heterocycles. The first-order valence-corrected chi connectivity index (χ1v) is 11.0. The smallest absolute Gasteiger partial charge is 0.236 e. The maximum atomic E-state index is 12.6. The molecular formula is C20H23N6O2S+. The standard InChI is InChI=1S/C20H22N6O2S/c27-29(28,16-11-18-7-3-1-4-8-18)25-14-12-24(13-15-25)17-20-21-22-23-26(20)19-9-5-2-6-10-19/h1-11,16H,12-15,17H2/p+1/b16-11+. The van der Waals surface area contributed by atoms with Crippen LogP contribution in [0.2, 0.25) is 0 Å². The zero-order valence-electron chi connectivity index (χ0n) is 15.9. The second kappa shape index (κ2) is 8.64. The average molecular weight is 412 g/mol. The van der Waals surface area contributed by atoms with Crippen LogP contribution >= 0.6 is 0 Å². The summed E-state index contributed by atoms with van der Waals surface area (Å²) in [6, 6.07) is 19.2. The highest BCUT2D eigenvalue weighted by atomic mass is 32.2. The Labute approximate surface area is 170 Å². The molecule has 1 N–H and O–H groups in total. The van der Waals surface area contributed by atoms with Crippen LogP contribution in [0.1, 0.15) is 11.4 Å². The second-order valence-electron chi connectivity index (χ2n) is 6.93. The third-order valence-electron chi connectivity index (χ3n) is 4.96. The molecule has 0 spiro atoms. The highest BCUT2D eigenvalue weighted by Gasteiger charge is 2.28. The molecule has 0 atom stereocenters. The molecule has 0 unspecified atom stereocenters. The number of sulfonamides is 1. The van der Waals surface area contributed by atoms with Crippen LogP contribution in [0.3, 0.4) is 0 Å². The molecule has 2 heterocycles. The van der Waals surface area contributed by atoms with E-state index in [9.17, 15) is 8.42 Å². The van der Waals surface area contributed by atoms with Gasteiger partial charge in [0, 0.05) is 5.41 Å². The van der Waals surface area contributed by atoms with Crippen LogP contribution in [0, 0.1) is 0 Å². The third kappa shape index (κ3) is 4.76. The van der Waals surface area contributed by atoms with Crippen molar-refractivity contribution in [2.45, 2.75) is 6.54 Å². The van der Waals surface area contributed by atoms with Crippen molar-refractivity contribution in [3.05, 3.63) is 77.5 Å². The molecule has 0 aliphatic carbocycles. The average Bonchev–Trinajstić information content (AvgIpc) is 3.22. The quantitative estimate of drug-likeness (QED) is 0.633. The molecule has 4 rings (SSSR count). The number of nitrogens with one attached hydrogen (secondary N) is 1. The maximum Gasteiger partial charge on any atom is 0.236 e. The molecule has 1 aromatic heterocycles. The first-order chi connectivity index (χ1) is 14.1. The van der Waals surface area contributed by atoms with Gasteiger partial charge in [-0.2, -0.15) is 8.99 Å². The van der Waals surface area contributed by atoms with Crippen LogP contribution in [0.5, 0.6) is 0 Å². The van der Waals surface area contributed by atoms with Crippen molar-refractivity contribution in [3.8, 4) is 5.69 Å². The minimum atomic E-state index is -3.42. The molecule has 0 radical (unpaired) electrons. The van der Waals surface area contributed by atoms with Gasteiger partial charge in [-0.3, -0.25) is 0 Å². The van der Waals surface area contributed by atoms with Crippen LogP contribution in [0.25, 0.3) is 11.8 Å². The summed E-state index contributed by atoms with van der Waals surface area (Å²) in [5, 5.41) is 13.3. The van der Waals surface area contributed by atoms with Gasteiger partial charge in [-0.1, -0.05) is 48.5 Å². The minimum absolute atomic E-state index is 0.476. The van der Waals surface area contributed by atoms with Gasteiger partial charge in [-0.05, 0) is 34.2 Å². The Bertz CT molecular complexity index is 1060. The summed E-state index contributed by atoms with van der Waals surface area (Å²) < 4.78 is 28.5. The van der Waals surface area contributed by atoms with E-state index in [1.54, 1.807) is 10.8 Å². The monoisotopic (exact) mass is 411 g/mol. The molecule has 2 aromatic carbocycles. The van der Waals surface area contributed by atoms with Crippen molar-refractivity contribution >= 4 is 16.1 Å². The Morgan fingerprint density at radius 3 is 2.31 bits per heavy atom. The summed E-state index contributed by atoms with van der Waals surface area (Å²) in [7, 11) is -3.42. The molecule has 1 aliphatic rings. The maximum absolute atomic E-state index is 12.6. The van der Waals surface area contributed by atoms with Crippen molar-refractivity contribution in [1.29, 1.82) is 0 Å². The number of tetrazole rings is 1. The number of piperazine rings is 1. The molecule has 8 nitrogen and oxygen atoms in total. The van der Waals surface area contributed by atoms with Gasteiger partial charge < -0.3 is 4.90 Å². The van der Waals surface area contributed by atoms with Gasteiger partial charge in [0.05, 0.1) is 31.9 Å². The molecular weight excluding hydrogens is 388 g/mol. The van der Waals surface area contributed by atoms with Gasteiger partial charge in [0.15, 0.2) is 0 Å². The molecule has 3 aromatic rings. The molecule has 0 amide bonds. The van der Waals surface area contributed by atoms with E-state index >= 15 is 0 Å². The minimum Gasteiger partial charge on any atom is -0.326 e. The van der Waals surface area contributed by atoms with Crippen LogP contribution < -0.4 is 4.90 Å². The number of benzene rings is 2. The number of hydrogen-bond donors (Lipinski definition) is 1. The van der Waals surface area contributed by atoms with E-state index in [1.165, 1.54) is 14.6 Å². The van der Waals surface area contributed by atoms with E-state index in [-0.39, 0.29) is 0 Å². The van der Waals surface area contributed by atoms with Gasteiger partial charge in [-0.25, -0.2) is 8.42 Å². The van der Waals surface area contributed by atoms with Gasteiger partial charge in [0.1, 0.15) is 6.54 Å². The van der Waals surface area contributed by atoms with Crippen molar-refractivity contribution in [2.75, 3.05) is 26.2 Å². The van der Waals surface area contributed by atoms with Gasteiger partial charge in [0.25, 0.3) is 0 Å². The third-order valence-corrected chi connectivity index (χ3v) is 6.53. The lowest BCUT2D eigenvalue weighted by Gasteiger charge is -2.30. The SMILES string of the molecule is O=S(=O)(/C=C/c1ccccc1)N1CC[NH+](Cc2nnnn2-c2ccccc2)CC1.